The number of likely N-dealkylation sites (N-methyl/N-ethyl adjacent to an activating group) is 1. The molecule has 2 nitrogen and oxygen atoms in total. The molecule has 0 unspecified atom stereocenters. The second-order valence-corrected chi connectivity index (χ2v) is 5.46. The Morgan fingerprint density at radius 2 is 1.47 bits per heavy atom. The van der Waals surface area contributed by atoms with Crippen LogP contribution in [0.1, 0.15) is 22.3 Å². The van der Waals surface area contributed by atoms with Crippen LogP contribution < -0.4 is 0 Å². The van der Waals surface area contributed by atoms with Crippen molar-refractivity contribution in [2.24, 2.45) is 0 Å². The minimum absolute atomic E-state index is 1.12. The molecule has 0 radical (unpaired) electrons. The first-order valence-electron chi connectivity index (χ1n) is 6.54. The lowest BCUT2D eigenvalue weighted by atomic mass is 9.99. The van der Waals surface area contributed by atoms with E-state index in [2.05, 4.69) is 49.8 Å². The average Bonchev–Trinajstić information content (AvgIpc) is 2.26. The summed E-state index contributed by atoms with van der Waals surface area (Å²) in [5.74, 6) is 0. The first-order valence-corrected chi connectivity index (χ1v) is 6.54. The molecule has 0 aromatic heterocycles. The highest BCUT2D eigenvalue weighted by Gasteiger charge is 2.15. The van der Waals surface area contributed by atoms with E-state index in [-0.39, 0.29) is 0 Å². The smallest absolute Gasteiger partial charge is 0.0240 e. The van der Waals surface area contributed by atoms with E-state index in [4.69, 9.17) is 0 Å². The number of benzene rings is 1. The fourth-order valence-electron chi connectivity index (χ4n) is 2.69. The van der Waals surface area contributed by atoms with Crippen molar-refractivity contribution in [2.75, 3.05) is 33.2 Å². The predicted molar refractivity (Wildman–Crippen MR) is 73.4 cm³/mol. The molecule has 0 bridgehead atoms. The van der Waals surface area contributed by atoms with Gasteiger partial charge in [0.05, 0.1) is 0 Å². The Hall–Kier alpha value is -0.860. The number of nitrogens with zero attached hydrogens (tertiary/aromatic N) is 2. The van der Waals surface area contributed by atoms with Crippen molar-refractivity contribution in [3.05, 3.63) is 34.4 Å². The molecule has 2 heteroatoms. The maximum absolute atomic E-state index is 2.57. The second-order valence-electron chi connectivity index (χ2n) is 5.46. The molecule has 0 aliphatic carbocycles. The fraction of sp³-hybridized carbons (Fsp3) is 0.600. The van der Waals surface area contributed by atoms with E-state index in [9.17, 15) is 0 Å². The molecule has 1 aromatic carbocycles. The van der Waals surface area contributed by atoms with Gasteiger partial charge in [-0.05, 0) is 44.5 Å². The highest BCUT2D eigenvalue weighted by atomic mass is 15.2. The topological polar surface area (TPSA) is 6.48 Å². The van der Waals surface area contributed by atoms with Crippen LogP contribution in [0.15, 0.2) is 12.1 Å². The third kappa shape index (κ3) is 3.08. The predicted octanol–water partition coefficient (Wildman–Crippen LogP) is 2.36. The quantitative estimate of drug-likeness (QED) is 0.772. The Morgan fingerprint density at radius 1 is 0.941 bits per heavy atom. The van der Waals surface area contributed by atoms with E-state index in [0.29, 0.717) is 0 Å². The van der Waals surface area contributed by atoms with Crippen LogP contribution in [-0.2, 0) is 6.54 Å². The number of hydrogen-bond acceptors (Lipinski definition) is 2. The summed E-state index contributed by atoms with van der Waals surface area (Å²) in [6, 6.07) is 4.61. The van der Waals surface area contributed by atoms with Crippen molar-refractivity contribution in [3.8, 4) is 0 Å². The van der Waals surface area contributed by atoms with Crippen LogP contribution in [0.2, 0.25) is 0 Å². The first kappa shape index (κ1) is 12.6. The molecule has 1 saturated heterocycles. The van der Waals surface area contributed by atoms with Gasteiger partial charge < -0.3 is 4.90 Å². The van der Waals surface area contributed by atoms with Crippen LogP contribution in [0, 0.1) is 20.8 Å². The maximum Gasteiger partial charge on any atom is 0.0240 e. The number of hydrogen-bond donors (Lipinski definition) is 0. The van der Waals surface area contributed by atoms with Crippen molar-refractivity contribution >= 4 is 0 Å². The van der Waals surface area contributed by atoms with Crippen LogP contribution in [0.5, 0.6) is 0 Å². The molecular formula is C15H24N2. The average molecular weight is 232 g/mol. The molecule has 0 amide bonds. The first-order chi connectivity index (χ1) is 8.06. The zero-order chi connectivity index (χ0) is 12.4. The zero-order valence-corrected chi connectivity index (χ0v) is 11.6. The molecule has 1 aliphatic heterocycles. The molecule has 1 fully saturated rings. The van der Waals surface area contributed by atoms with Crippen molar-refractivity contribution in [2.45, 2.75) is 27.3 Å². The summed E-state index contributed by atoms with van der Waals surface area (Å²) in [5, 5.41) is 0. The van der Waals surface area contributed by atoms with Gasteiger partial charge in [0.15, 0.2) is 0 Å². The largest absolute Gasteiger partial charge is 0.304 e. The summed E-state index contributed by atoms with van der Waals surface area (Å²) in [6.45, 7) is 12.6. The number of rotatable bonds is 2. The Kier molecular flexibility index (Phi) is 3.85. The molecule has 17 heavy (non-hydrogen) atoms. The third-order valence-electron chi connectivity index (χ3n) is 3.82. The van der Waals surface area contributed by atoms with Gasteiger partial charge in [0.2, 0.25) is 0 Å². The van der Waals surface area contributed by atoms with Crippen LogP contribution in [0.3, 0.4) is 0 Å². The normalized spacial score (nSPS) is 18.6. The van der Waals surface area contributed by atoms with Gasteiger partial charge in [-0.25, -0.2) is 0 Å². The van der Waals surface area contributed by atoms with Crippen molar-refractivity contribution in [3.63, 3.8) is 0 Å². The molecule has 1 heterocycles. The minimum atomic E-state index is 1.12. The monoisotopic (exact) mass is 232 g/mol. The maximum atomic E-state index is 2.57. The third-order valence-corrected chi connectivity index (χ3v) is 3.82. The molecule has 0 spiro atoms. The summed E-state index contributed by atoms with van der Waals surface area (Å²) in [7, 11) is 2.21. The molecule has 2 rings (SSSR count). The molecule has 0 N–H and O–H groups in total. The van der Waals surface area contributed by atoms with E-state index in [0.717, 1.165) is 6.54 Å². The Balaban J connectivity index is 2.08. The van der Waals surface area contributed by atoms with Crippen LogP contribution in [-0.4, -0.2) is 43.0 Å². The SMILES string of the molecule is Cc1cc(C)c(CN2CCN(C)CC2)c(C)c1. The van der Waals surface area contributed by atoms with Gasteiger partial charge in [0.1, 0.15) is 0 Å². The molecule has 94 valence electrons. The molecule has 0 atom stereocenters. The van der Waals surface area contributed by atoms with Crippen molar-refractivity contribution in [1.82, 2.24) is 9.80 Å². The van der Waals surface area contributed by atoms with Gasteiger partial charge in [-0.3, -0.25) is 4.90 Å². The van der Waals surface area contributed by atoms with E-state index in [1.54, 1.807) is 0 Å². The van der Waals surface area contributed by atoms with Gasteiger partial charge in [-0.15, -0.1) is 0 Å². The van der Waals surface area contributed by atoms with Crippen molar-refractivity contribution in [1.29, 1.82) is 0 Å². The Bertz CT molecular complexity index is 367. The van der Waals surface area contributed by atoms with E-state index < -0.39 is 0 Å². The standard InChI is InChI=1S/C15H24N2/c1-12-9-13(2)15(14(3)10-12)11-17-7-5-16(4)6-8-17/h9-10H,5-8,11H2,1-4H3. The highest BCUT2D eigenvalue weighted by Crippen LogP contribution is 2.18. The Morgan fingerprint density at radius 3 is 2.00 bits per heavy atom. The van der Waals surface area contributed by atoms with E-state index >= 15 is 0 Å². The van der Waals surface area contributed by atoms with E-state index in [1.807, 2.05) is 0 Å². The summed E-state index contributed by atoms with van der Waals surface area (Å²) >= 11 is 0. The highest BCUT2D eigenvalue weighted by molar-refractivity contribution is 5.37. The summed E-state index contributed by atoms with van der Waals surface area (Å²) in [6.07, 6.45) is 0. The van der Waals surface area contributed by atoms with Gasteiger partial charge in [0.25, 0.3) is 0 Å². The lowest BCUT2D eigenvalue weighted by Gasteiger charge is -2.33. The second kappa shape index (κ2) is 5.19. The number of piperazine rings is 1. The summed E-state index contributed by atoms with van der Waals surface area (Å²) < 4.78 is 0. The van der Waals surface area contributed by atoms with Gasteiger partial charge in [-0.1, -0.05) is 17.7 Å². The lowest BCUT2D eigenvalue weighted by molar-refractivity contribution is 0.148. The summed E-state index contributed by atoms with van der Waals surface area (Å²) in [4.78, 5) is 4.98. The van der Waals surface area contributed by atoms with Crippen molar-refractivity contribution < 1.29 is 0 Å². The van der Waals surface area contributed by atoms with Gasteiger partial charge in [0, 0.05) is 32.7 Å². The zero-order valence-electron chi connectivity index (χ0n) is 11.6. The summed E-state index contributed by atoms with van der Waals surface area (Å²) in [5.41, 5.74) is 5.80. The van der Waals surface area contributed by atoms with Crippen LogP contribution >= 0.6 is 0 Å². The lowest BCUT2D eigenvalue weighted by Crippen LogP contribution is -2.44. The molecular weight excluding hydrogens is 208 g/mol. The number of aryl methyl sites for hydroxylation is 3. The van der Waals surface area contributed by atoms with Gasteiger partial charge in [-0.2, -0.15) is 0 Å². The minimum Gasteiger partial charge on any atom is -0.304 e. The van der Waals surface area contributed by atoms with Crippen LogP contribution in [0.25, 0.3) is 0 Å². The molecule has 1 aromatic rings. The molecule has 1 aliphatic rings. The fourth-order valence-corrected chi connectivity index (χ4v) is 2.69. The Labute approximate surface area is 105 Å². The van der Waals surface area contributed by atoms with Crippen LogP contribution in [0.4, 0.5) is 0 Å². The molecule has 0 saturated carbocycles. The van der Waals surface area contributed by atoms with Gasteiger partial charge >= 0.3 is 0 Å². The van der Waals surface area contributed by atoms with E-state index in [1.165, 1.54) is 48.4 Å².